The summed E-state index contributed by atoms with van der Waals surface area (Å²) < 4.78 is 6.93. The largest absolute Gasteiger partial charge is 0.375 e. The second kappa shape index (κ2) is 6.93. The number of piperidine rings is 1. The maximum Gasteiger partial charge on any atom is 0.248 e. The predicted octanol–water partition coefficient (Wildman–Crippen LogP) is 0.768. The van der Waals surface area contributed by atoms with Gasteiger partial charge in [0.2, 0.25) is 11.8 Å². The van der Waals surface area contributed by atoms with Gasteiger partial charge in [0.25, 0.3) is 0 Å². The summed E-state index contributed by atoms with van der Waals surface area (Å²) in [4.78, 5) is 28.3. The van der Waals surface area contributed by atoms with Gasteiger partial charge in [-0.25, -0.2) is 0 Å². The number of carbonyl (C=O) groups is 2. The van der Waals surface area contributed by atoms with Gasteiger partial charge < -0.3 is 14.5 Å². The first-order valence-electron chi connectivity index (χ1n) is 8.58. The quantitative estimate of drug-likeness (QED) is 0.816. The Kier molecular flexibility index (Phi) is 4.89. The summed E-state index contributed by atoms with van der Waals surface area (Å²) in [7, 11) is 1.52. The fraction of sp³-hybridized carbons (Fsp3) is 0.706. The molecule has 7 nitrogen and oxygen atoms in total. The summed E-state index contributed by atoms with van der Waals surface area (Å²) in [6, 6.07) is 2.34. The van der Waals surface area contributed by atoms with Gasteiger partial charge in [0.05, 0.1) is 17.7 Å². The third kappa shape index (κ3) is 3.31. The van der Waals surface area contributed by atoms with Gasteiger partial charge in [-0.2, -0.15) is 5.10 Å². The molecule has 2 aliphatic heterocycles. The van der Waals surface area contributed by atoms with Crippen molar-refractivity contribution in [2.75, 3.05) is 39.9 Å². The Morgan fingerprint density at radius 2 is 2.00 bits per heavy atom. The zero-order valence-corrected chi connectivity index (χ0v) is 14.7. The van der Waals surface area contributed by atoms with Crippen molar-refractivity contribution >= 4 is 11.8 Å². The van der Waals surface area contributed by atoms with Crippen LogP contribution in [0.15, 0.2) is 6.07 Å². The van der Waals surface area contributed by atoms with Crippen LogP contribution in [0.2, 0.25) is 0 Å². The summed E-state index contributed by atoms with van der Waals surface area (Å²) in [5.41, 5.74) is 2.15. The molecule has 0 saturated carbocycles. The van der Waals surface area contributed by atoms with Crippen molar-refractivity contribution in [3.05, 3.63) is 17.5 Å². The van der Waals surface area contributed by atoms with E-state index in [0.29, 0.717) is 19.6 Å². The number of aromatic nitrogens is 2. The molecule has 24 heavy (non-hydrogen) atoms. The van der Waals surface area contributed by atoms with Crippen molar-refractivity contribution in [1.29, 1.82) is 0 Å². The third-order valence-corrected chi connectivity index (χ3v) is 4.96. The Labute approximate surface area is 142 Å². The standard InChI is InChI=1S/C17H26N4O3/c1-12-7-13(2)21(18-12)15-9-20(10-15)17(23)14-5-4-6-19(8-14)16(22)11-24-3/h7,14-15H,4-6,8-11H2,1-3H3/t14-/m0/s1. The minimum Gasteiger partial charge on any atom is -0.375 e. The van der Waals surface area contributed by atoms with E-state index in [1.54, 1.807) is 4.90 Å². The molecule has 0 aliphatic carbocycles. The van der Waals surface area contributed by atoms with Crippen molar-refractivity contribution in [3.8, 4) is 0 Å². The van der Waals surface area contributed by atoms with Crippen LogP contribution in [0, 0.1) is 19.8 Å². The molecule has 2 amide bonds. The van der Waals surface area contributed by atoms with Crippen molar-refractivity contribution in [3.63, 3.8) is 0 Å². The van der Waals surface area contributed by atoms with Crippen LogP contribution in [-0.2, 0) is 14.3 Å². The van der Waals surface area contributed by atoms with Crippen LogP contribution in [0.3, 0.4) is 0 Å². The molecule has 0 bridgehead atoms. The summed E-state index contributed by atoms with van der Waals surface area (Å²) in [6.07, 6.45) is 1.73. The Bertz CT molecular complexity index is 621. The molecule has 0 radical (unpaired) electrons. The molecule has 7 heteroatoms. The van der Waals surface area contributed by atoms with E-state index in [2.05, 4.69) is 11.2 Å². The van der Waals surface area contributed by atoms with Crippen LogP contribution in [0.5, 0.6) is 0 Å². The SMILES string of the molecule is COCC(=O)N1CCC[C@H](C(=O)N2CC(n3nc(C)cc3C)C2)C1. The van der Waals surface area contributed by atoms with E-state index in [1.807, 2.05) is 23.4 Å². The van der Waals surface area contributed by atoms with Gasteiger partial charge in [0.1, 0.15) is 6.61 Å². The molecule has 0 N–H and O–H groups in total. The molecule has 3 rings (SSSR count). The van der Waals surface area contributed by atoms with Gasteiger partial charge in [-0.3, -0.25) is 14.3 Å². The van der Waals surface area contributed by atoms with Gasteiger partial charge in [-0.15, -0.1) is 0 Å². The minimum atomic E-state index is -0.0824. The summed E-state index contributed by atoms with van der Waals surface area (Å²) >= 11 is 0. The molecular formula is C17H26N4O3. The Hall–Kier alpha value is -1.89. The van der Waals surface area contributed by atoms with Crippen molar-refractivity contribution in [1.82, 2.24) is 19.6 Å². The average Bonchev–Trinajstić information content (AvgIpc) is 2.84. The number of aryl methyl sites for hydroxylation is 2. The number of methoxy groups -OCH3 is 1. The lowest BCUT2D eigenvalue weighted by Crippen LogP contribution is -2.55. The van der Waals surface area contributed by atoms with Gasteiger partial charge in [0, 0.05) is 39.0 Å². The van der Waals surface area contributed by atoms with Gasteiger partial charge in [0.15, 0.2) is 0 Å². The highest BCUT2D eigenvalue weighted by Gasteiger charge is 2.38. The van der Waals surface area contributed by atoms with E-state index in [-0.39, 0.29) is 30.4 Å². The monoisotopic (exact) mass is 334 g/mol. The zero-order valence-electron chi connectivity index (χ0n) is 14.7. The Balaban J connectivity index is 1.54. The maximum absolute atomic E-state index is 12.7. The van der Waals surface area contributed by atoms with Crippen LogP contribution in [0.1, 0.15) is 30.3 Å². The minimum absolute atomic E-state index is 0.0286. The van der Waals surface area contributed by atoms with E-state index in [1.165, 1.54) is 7.11 Å². The summed E-state index contributed by atoms with van der Waals surface area (Å²) in [6.45, 7) is 6.78. The van der Waals surface area contributed by atoms with Crippen LogP contribution in [0.4, 0.5) is 0 Å². The number of hydrogen-bond donors (Lipinski definition) is 0. The van der Waals surface area contributed by atoms with E-state index < -0.39 is 0 Å². The van der Waals surface area contributed by atoms with Crippen LogP contribution < -0.4 is 0 Å². The molecular weight excluding hydrogens is 308 g/mol. The number of nitrogens with zero attached hydrogens (tertiary/aromatic N) is 4. The first-order chi connectivity index (χ1) is 11.5. The lowest BCUT2D eigenvalue weighted by Gasteiger charge is -2.43. The molecule has 1 aromatic rings. The normalized spacial score (nSPS) is 21.7. The molecule has 0 unspecified atom stereocenters. The number of likely N-dealkylation sites (tertiary alicyclic amines) is 2. The highest BCUT2D eigenvalue weighted by molar-refractivity contribution is 5.82. The first-order valence-corrected chi connectivity index (χ1v) is 8.58. The van der Waals surface area contributed by atoms with E-state index >= 15 is 0 Å². The fourth-order valence-electron chi connectivity index (χ4n) is 3.68. The van der Waals surface area contributed by atoms with Crippen molar-refractivity contribution in [2.24, 2.45) is 5.92 Å². The van der Waals surface area contributed by atoms with Crippen LogP contribution >= 0.6 is 0 Å². The predicted molar refractivity (Wildman–Crippen MR) is 88.5 cm³/mol. The Morgan fingerprint density at radius 1 is 1.25 bits per heavy atom. The molecule has 2 saturated heterocycles. The fourth-order valence-corrected chi connectivity index (χ4v) is 3.68. The number of amides is 2. The molecule has 2 fully saturated rings. The summed E-state index contributed by atoms with van der Waals surface area (Å²) in [5, 5.41) is 4.51. The number of ether oxygens (including phenoxy) is 1. The molecule has 3 heterocycles. The van der Waals surface area contributed by atoms with Crippen molar-refractivity contribution in [2.45, 2.75) is 32.7 Å². The second-order valence-electron chi connectivity index (χ2n) is 6.88. The number of hydrogen-bond acceptors (Lipinski definition) is 4. The second-order valence-corrected chi connectivity index (χ2v) is 6.88. The highest BCUT2D eigenvalue weighted by Crippen LogP contribution is 2.27. The highest BCUT2D eigenvalue weighted by atomic mass is 16.5. The molecule has 0 aromatic carbocycles. The lowest BCUT2D eigenvalue weighted by molar-refractivity contribution is -0.146. The maximum atomic E-state index is 12.7. The van der Waals surface area contributed by atoms with Gasteiger partial charge in [-0.05, 0) is 32.8 Å². The van der Waals surface area contributed by atoms with Gasteiger partial charge in [-0.1, -0.05) is 0 Å². The Morgan fingerprint density at radius 3 is 2.62 bits per heavy atom. The molecule has 2 aliphatic rings. The zero-order chi connectivity index (χ0) is 17.3. The van der Waals surface area contributed by atoms with E-state index in [4.69, 9.17) is 4.74 Å². The summed E-state index contributed by atoms with van der Waals surface area (Å²) in [5.74, 6) is 0.0581. The van der Waals surface area contributed by atoms with E-state index in [0.717, 1.165) is 30.8 Å². The third-order valence-electron chi connectivity index (χ3n) is 4.96. The van der Waals surface area contributed by atoms with Crippen LogP contribution in [-0.4, -0.2) is 71.3 Å². The molecule has 1 aromatic heterocycles. The number of rotatable bonds is 4. The van der Waals surface area contributed by atoms with Crippen LogP contribution in [0.25, 0.3) is 0 Å². The smallest absolute Gasteiger partial charge is 0.248 e. The molecule has 0 spiro atoms. The van der Waals surface area contributed by atoms with Crippen molar-refractivity contribution < 1.29 is 14.3 Å². The average molecular weight is 334 g/mol. The van der Waals surface area contributed by atoms with E-state index in [9.17, 15) is 9.59 Å². The number of carbonyl (C=O) groups excluding carboxylic acids is 2. The van der Waals surface area contributed by atoms with Gasteiger partial charge >= 0.3 is 0 Å². The molecule has 1 atom stereocenters. The molecule has 132 valence electrons. The topological polar surface area (TPSA) is 67.7 Å². The first kappa shape index (κ1) is 17.0. The lowest BCUT2D eigenvalue weighted by atomic mass is 9.94.